The summed E-state index contributed by atoms with van der Waals surface area (Å²) in [5, 5.41) is 13.5. The molecule has 1 aliphatic heterocycles. The van der Waals surface area contributed by atoms with Crippen LogP contribution >= 0.6 is 12.4 Å². The zero-order chi connectivity index (χ0) is 28.2. The molecule has 7 heteroatoms. The maximum atomic E-state index is 11.7. The Labute approximate surface area is 253 Å². The molecule has 1 saturated heterocycles. The Hall–Kier alpha value is -4.39. The average Bonchev–Trinajstić information content (AvgIpc) is 3.00. The Morgan fingerprint density at radius 2 is 1.50 bits per heavy atom. The molecule has 6 nitrogen and oxygen atoms in total. The summed E-state index contributed by atoms with van der Waals surface area (Å²) < 4.78 is 0. The molecule has 0 atom stereocenters. The molecule has 214 valence electrons. The lowest BCUT2D eigenvalue weighted by atomic mass is 9.88. The van der Waals surface area contributed by atoms with Crippen LogP contribution in [0.3, 0.4) is 0 Å². The standard InChI is InChI=1S/C35H34N4O2.ClH/c1-25-15-16-30-31(36-25)13-8-14-33(30)39-23-21-38(22-24-39)20-19-29-28(26-9-4-2-5-10-26)17-18-32(37-35(40)41)34(29)27-11-6-3-7-12-27;/h2-18,37H,19-24H2,1H3,(H,40,41);1H. The van der Waals surface area contributed by atoms with Crippen molar-refractivity contribution in [3.8, 4) is 22.3 Å². The van der Waals surface area contributed by atoms with E-state index in [2.05, 4.69) is 75.8 Å². The first-order valence-corrected chi connectivity index (χ1v) is 14.2. The fourth-order valence-corrected chi connectivity index (χ4v) is 5.95. The second-order valence-electron chi connectivity index (χ2n) is 10.6. The number of amides is 1. The zero-order valence-electron chi connectivity index (χ0n) is 23.7. The number of nitrogens with zero attached hydrogens (tertiary/aromatic N) is 3. The Bertz CT molecular complexity index is 1670. The minimum Gasteiger partial charge on any atom is -0.465 e. The number of carboxylic acid groups (broad SMARTS) is 1. The van der Waals surface area contributed by atoms with Gasteiger partial charge in [0.2, 0.25) is 0 Å². The molecule has 1 fully saturated rings. The Morgan fingerprint density at radius 1 is 0.810 bits per heavy atom. The minimum atomic E-state index is -1.06. The summed E-state index contributed by atoms with van der Waals surface area (Å²) in [6.07, 6.45) is -0.253. The summed E-state index contributed by atoms with van der Waals surface area (Å²) in [7, 11) is 0. The van der Waals surface area contributed by atoms with Gasteiger partial charge in [0, 0.05) is 55.1 Å². The van der Waals surface area contributed by atoms with Crippen LogP contribution in [0.2, 0.25) is 0 Å². The number of piperazine rings is 1. The zero-order valence-corrected chi connectivity index (χ0v) is 24.5. The summed E-state index contributed by atoms with van der Waals surface area (Å²) in [5.41, 5.74) is 9.33. The van der Waals surface area contributed by atoms with Crippen LogP contribution in [0, 0.1) is 6.92 Å². The van der Waals surface area contributed by atoms with Gasteiger partial charge in [-0.3, -0.25) is 15.2 Å². The quantitative estimate of drug-likeness (QED) is 0.207. The van der Waals surface area contributed by atoms with Gasteiger partial charge in [0.15, 0.2) is 0 Å². The number of aryl methyl sites for hydroxylation is 1. The van der Waals surface area contributed by atoms with Gasteiger partial charge in [-0.1, -0.05) is 72.8 Å². The number of rotatable bonds is 7. The van der Waals surface area contributed by atoms with Gasteiger partial charge >= 0.3 is 6.09 Å². The number of nitrogens with one attached hydrogen (secondary N) is 1. The summed E-state index contributed by atoms with van der Waals surface area (Å²) in [6, 6.07) is 35.1. The molecule has 5 aromatic rings. The molecule has 2 N–H and O–H groups in total. The average molecular weight is 579 g/mol. The third-order valence-electron chi connectivity index (χ3n) is 7.94. The van der Waals surface area contributed by atoms with Crippen LogP contribution in [0.1, 0.15) is 11.3 Å². The summed E-state index contributed by atoms with van der Waals surface area (Å²) in [4.78, 5) is 21.5. The number of hydrogen-bond acceptors (Lipinski definition) is 4. The number of hydrogen-bond donors (Lipinski definition) is 2. The third kappa shape index (κ3) is 6.25. The Kier molecular flexibility index (Phi) is 9.06. The number of carbonyl (C=O) groups is 1. The van der Waals surface area contributed by atoms with E-state index in [1.54, 1.807) is 0 Å². The lowest BCUT2D eigenvalue weighted by molar-refractivity contribution is 0.210. The molecular formula is C35H35ClN4O2. The van der Waals surface area contributed by atoms with Crippen molar-refractivity contribution in [1.82, 2.24) is 9.88 Å². The molecule has 6 rings (SSSR count). The van der Waals surface area contributed by atoms with Gasteiger partial charge in [-0.2, -0.15) is 0 Å². The van der Waals surface area contributed by atoms with Crippen LogP contribution in [-0.2, 0) is 6.42 Å². The number of aromatic nitrogens is 1. The molecule has 0 bridgehead atoms. The molecule has 0 aliphatic carbocycles. The van der Waals surface area contributed by atoms with E-state index in [9.17, 15) is 9.90 Å². The second-order valence-corrected chi connectivity index (χ2v) is 10.6. The number of fused-ring (bicyclic) bond motifs is 1. The van der Waals surface area contributed by atoms with Gasteiger partial charge in [0.05, 0.1) is 11.2 Å². The van der Waals surface area contributed by atoms with Crippen LogP contribution in [0.4, 0.5) is 16.2 Å². The van der Waals surface area contributed by atoms with Gasteiger partial charge in [-0.05, 0) is 65.9 Å². The summed E-state index contributed by atoms with van der Waals surface area (Å²) in [6.45, 7) is 6.74. The predicted octanol–water partition coefficient (Wildman–Crippen LogP) is 7.75. The molecule has 0 radical (unpaired) electrons. The molecule has 0 unspecified atom stereocenters. The summed E-state index contributed by atoms with van der Waals surface area (Å²) in [5.74, 6) is 0. The van der Waals surface area contributed by atoms with Gasteiger partial charge < -0.3 is 10.0 Å². The smallest absolute Gasteiger partial charge is 0.409 e. The highest BCUT2D eigenvalue weighted by molar-refractivity contribution is 5.95. The maximum absolute atomic E-state index is 11.7. The van der Waals surface area contributed by atoms with Crippen molar-refractivity contribution < 1.29 is 9.90 Å². The second kappa shape index (κ2) is 13.1. The van der Waals surface area contributed by atoms with E-state index in [0.717, 1.165) is 78.2 Å². The monoisotopic (exact) mass is 578 g/mol. The van der Waals surface area contributed by atoms with Crippen molar-refractivity contribution in [2.75, 3.05) is 42.9 Å². The third-order valence-corrected chi connectivity index (χ3v) is 7.94. The summed E-state index contributed by atoms with van der Waals surface area (Å²) >= 11 is 0. The largest absolute Gasteiger partial charge is 0.465 e. The van der Waals surface area contributed by atoms with Gasteiger partial charge in [-0.25, -0.2) is 4.79 Å². The fourth-order valence-electron chi connectivity index (χ4n) is 5.95. The molecule has 0 saturated carbocycles. The first kappa shape index (κ1) is 29.1. The van der Waals surface area contributed by atoms with E-state index in [1.807, 2.05) is 49.4 Å². The highest BCUT2D eigenvalue weighted by Gasteiger charge is 2.22. The van der Waals surface area contributed by atoms with Crippen LogP contribution in [0.15, 0.2) is 103 Å². The van der Waals surface area contributed by atoms with E-state index in [1.165, 1.54) is 11.1 Å². The lowest BCUT2D eigenvalue weighted by Crippen LogP contribution is -2.47. The first-order chi connectivity index (χ1) is 20.1. The van der Waals surface area contributed by atoms with E-state index in [-0.39, 0.29) is 12.4 Å². The number of benzene rings is 4. The van der Waals surface area contributed by atoms with Crippen molar-refractivity contribution in [1.29, 1.82) is 0 Å². The molecular weight excluding hydrogens is 544 g/mol. The topological polar surface area (TPSA) is 68.7 Å². The van der Waals surface area contributed by atoms with Gasteiger partial charge in [0.1, 0.15) is 0 Å². The fraction of sp³-hybridized carbons (Fsp3) is 0.200. The van der Waals surface area contributed by atoms with Crippen molar-refractivity contribution in [2.24, 2.45) is 0 Å². The molecule has 1 aliphatic rings. The first-order valence-electron chi connectivity index (χ1n) is 14.2. The molecule has 1 amide bonds. The SMILES string of the molecule is Cc1ccc2c(N3CCN(CCc4c(-c5ccccc5)ccc(NC(=O)O)c4-c4ccccc4)CC3)cccc2n1.Cl. The van der Waals surface area contributed by atoms with E-state index >= 15 is 0 Å². The number of pyridine rings is 1. The van der Waals surface area contributed by atoms with Crippen molar-refractivity contribution in [3.05, 3.63) is 114 Å². The highest BCUT2D eigenvalue weighted by atomic mass is 35.5. The van der Waals surface area contributed by atoms with Crippen LogP contribution in [0.5, 0.6) is 0 Å². The number of anilines is 2. The lowest BCUT2D eigenvalue weighted by Gasteiger charge is -2.37. The van der Waals surface area contributed by atoms with E-state index in [0.29, 0.717) is 5.69 Å². The minimum absolute atomic E-state index is 0. The molecule has 0 spiro atoms. The normalized spacial score (nSPS) is 13.5. The maximum Gasteiger partial charge on any atom is 0.409 e. The van der Waals surface area contributed by atoms with Crippen molar-refractivity contribution in [3.63, 3.8) is 0 Å². The molecule has 1 aromatic heterocycles. The van der Waals surface area contributed by atoms with Crippen molar-refractivity contribution in [2.45, 2.75) is 13.3 Å². The van der Waals surface area contributed by atoms with E-state index < -0.39 is 6.09 Å². The van der Waals surface area contributed by atoms with Crippen molar-refractivity contribution >= 4 is 40.8 Å². The Morgan fingerprint density at radius 3 is 2.19 bits per heavy atom. The molecule has 42 heavy (non-hydrogen) atoms. The van der Waals surface area contributed by atoms with Crippen LogP contribution in [0.25, 0.3) is 33.2 Å². The van der Waals surface area contributed by atoms with E-state index in [4.69, 9.17) is 4.98 Å². The van der Waals surface area contributed by atoms with Gasteiger partial charge in [0.25, 0.3) is 0 Å². The Balaban J connectivity index is 0.00000353. The number of halogens is 1. The molecule has 4 aromatic carbocycles. The predicted molar refractivity (Wildman–Crippen MR) is 175 cm³/mol. The van der Waals surface area contributed by atoms with Crippen LogP contribution < -0.4 is 10.2 Å². The van der Waals surface area contributed by atoms with Gasteiger partial charge in [-0.15, -0.1) is 12.4 Å². The van der Waals surface area contributed by atoms with Crippen LogP contribution in [-0.4, -0.2) is 53.8 Å². The highest BCUT2D eigenvalue weighted by Crippen LogP contribution is 2.39. The molecule has 2 heterocycles.